The van der Waals surface area contributed by atoms with Gasteiger partial charge in [-0.05, 0) is 73.2 Å². The van der Waals surface area contributed by atoms with Crippen LogP contribution in [-0.2, 0) is 0 Å². The van der Waals surface area contributed by atoms with E-state index in [1.807, 2.05) is 56.6 Å². The normalized spacial score (nSPS) is 11.1. The molecule has 4 aromatic rings. The highest BCUT2D eigenvalue weighted by Gasteiger charge is 2.09. The highest BCUT2D eigenvalue weighted by molar-refractivity contribution is 6.05. The molecule has 6 N–H and O–H groups in total. The van der Waals surface area contributed by atoms with Gasteiger partial charge in [0.2, 0.25) is 5.96 Å². The number of rotatable bonds is 7. The van der Waals surface area contributed by atoms with E-state index >= 15 is 0 Å². The molecular formula is C27H28N8O. The molecule has 0 bridgehead atoms. The van der Waals surface area contributed by atoms with E-state index in [4.69, 9.17) is 11.5 Å². The minimum Gasteiger partial charge on any atom is -0.378 e. The van der Waals surface area contributed by atoms with Crippen LogP contribution in [0.3, 0.4) is 0 Å². The first kappa shape index (κ1) is 24.2. The lowest BCUT2D eigenvalue weighted by Crippen LogP contribution is -2.22. The Balaban J connectivity index is 1.45. The second-order valence-electron chi connectivity index (χ2n) is 8.40. The maximum atomic E-state index is 12.7. The Hall–Kier alpha value is -4.92. The quantitative estimate of drug-likeness (QED) is 0.177. The Kier molecular flexibility index (Phi) is 7.10. The Morgan fingerprint density at radius 2 is 1.53 bits per heavy atom. The van der Waals surface area contributed by atoms with Crippen molar-refractivity contribution < 1.29 is 4.79 Å². The van der Waals surface area contributed by atoms with Crippen molar-refractivity contribution in [3.63, 3.8) is 0 Å². The van der Waals surface area contributed by atoms with Crippen LogP contribution in [0.4, 0.5) is 22.7 Å². The fourth-order valence-corrected chi connectivity index (χ4v) is 3.57. The molecule has 0 radical (unpaired) electrons. The molecule has 1 amide bonds. The first-order chi connectivity index (χ1) is 17.3. The Bertz CT molecular complexity index is 1440. The van der Waals surface area contributed by atoms with Gasteiger partial charge in [-0.3, -0.25) is 9.78 Å². The lowest BCUT2D eigenvalue weighted by molar-refractivity contribution is 0.102. The summed E-state index contributed by atoms with van der Waals surface area (Å²) in [5, 5.41) is 15.0. The number of benzene rings is 3. The first-order valence-corrected chi connectivity index (χ1v) is 11.3. The van der Waals surface area contributed by atoms with Crippen molar-refractivity contribution in [2.45, 2.75) is 6.92 Å². The molecule has 0 spiro atoms. The minimum atomic E-state index is -0.204. The van der Waals surface area contributed by atoms with E-state index in [9.17, 15) is 4.79 Å². The van der Waals surface area contributed by atoms with E-state index in [-0.39, 0.29) is 11.9 Å². The number of nitrogens with one attached hydrogen (secondary N) is 2. The topological polar surface area (TPSA) is 134 Å². The molecule has 182 valence electrons. The van der Waals surface area contributed by atoms with Gasteiger partial charge in [0.25, 0.3) is 5.91 Å². The first-order valence-electron chi connectivity index (χ1n) is 11.3. The number of hydrogen-bond donors (Lipinski definition) is 4. The smallest absolute Gasteiger partial charge is 0.255 e. The number of fused-ring (bicyclic) bond motifs is 1. The number of carbonyl (C=O) groups is 1. The summed E-state index contributed by atoms with van der Waals surface area (Å²) in [6, 6.07) is 22.7. The van der Waals surface area contributed by atoms with Gasteiger partial charge >= 0.3 is 0 Å². The molecule has 0 fully saturated rings. The van der Waals surface area contributed by atoms with E-state index in [0.29, 0.717) is 17.0 Å². The van der Waals surface area contributed by atoms with Crippen molar-refractivity contribution in [1.29, 1.82) is 0 Å². The maximum absolute atomic E-state index is 12.7. The number of nitrogens with zero attached hydrogens (tertiary/aromatic N) is 4. The number of carbonyl (C=O) groups excluding carboxylic acids is 1. The van der Waals surface area contributed by atoms with E-state index in [1.165, 1.54) is 0 Å². The third kappa shape index (κ3) is 5.76. The predicted octanol–water partition coefficient (Wildman–Crippen LogP) is 4.29. The summed E-state index contributed by atoms with van der Waals surface area (Å²) < 4.78 is 0. The third-order valence-electron chi connectivity index (χ3n) is 5.54. The van der Waals surface area contributed by atoms with Gasteiger partial charge in [-0.25, -0.2) is 0 Å². The Morgan fingerprint density at radius 1 is 0.861 bits per heavy atom. The van der Waals surface area contributed by atoms with Crippen LogP contribution in [0.1, 0.15) is 22.8 Å². The van der Waals surface area contributed by atoms with Crippen LogP contribution in [0.5, 0.6) is 0 Å². The number of amides is 1. The molecule has 36 heavy (non-hydrogen) atoms. The van der Waals surface area contributed by atoms with Crippen molar-refractivity contribution >= 4 is 51.2 Å². The van der Waals surface area contributed by atoms with Gasteiger partial charge in [0.05, 0.1) is 11.2 Å². The van der Waals surface area contributed by atoms with Crippen LogP contribution in [0, 0.1) is 0 Å². The average Bonchev–Trinajstić information content (AvgIpc) is 2.88. The van der Waals surface area contributed by atoms with Crippen LogP contribution in [0.15, 0.2) is 89.2 Å². The molecule has 9 nitrogen and oxygen atoms in total. The summed E-state index contributed by atoms with van der Waals surface area (Å²) in [4.78, 5) is 19.3. The second-order valence-corrected chi connectivity index (χ2v) is 8.40. The highest BCUT2D eigenvalue weighted by Crippen LogP contribution is 2.28. The van der Waals surface area contributed by atoms with E-state index in [0.717, 1.165) is 33.5 Å². The van der Waals surface area contributed by atoms with Crippen LogP contribution < -0.4 is 27.0 Å². The van der Waals surface area contributed by atoms with E-state index < -0.39 is 0 Å². The monoisotopic (exact) mass is 480 g/mol. The molecular weight excluding hydrogens is 452 g/mol. The average molecular weight is 481 g/mol. The van der Waals surface area contributed by atoms with Gasteiger partial charge < -0.3 is 27.0 Å². The number of nitrogens with two attached hydrogens (primary N) is 2. The lowest BCUT2D eigenvalue weighted by atomic mass is 10.1. The van der Waals surface area contributed by atoms with Gasteiger partial charge in [-0.15, -0.1) is 5.10 Å². The SMILES string of the molecule is CC(=NN=C(N)N)c1ccc(NC(=O)c2ccc(Nc3ccnc4ccc(N(C)C)cc34)cc2)cc1. The Labute approximate surface area is 209 Å². The van der Waals surface area contributed by atoms with Gasteiger partial charge in [-0.1, -0.05) is 12.1 Å². The van der Waals surface area contributed by atoms with Crippen molar-refractivity contribution in [2.75, 3.05) is 29.6 Å². The molecule has 0 aliphatic rings. The van der Waals surface area contributed by atoms with E-state index in [2.05, 4.69) is 36.8 Å². The number of aromatic nitrogens is 1. The van der Waals surface area contributed by atoms with Gasteiger partial charge in [0, 0.05) is 54.0 Å². The molecule has 0 saturated carbocycles. The van der Waals surface area contributed by atoms with Crippen molar-refractivity contribution in [1.82, 2.24) is 4.98 Å². The number of anilines is 4. The zero-order valence-corrected chi connectivity index (χ0v) is 20.4. The molecule has 0 saturated heterocycles. The molecule has 4 rings (SSSR count). The molecule has 0 atom stereocenters. The lowest BCUT2D eigenvalue weighted by Gasteiger charge is -2.15. The molecule has 0 aliphatic heterocycles. The molecule has 0 aliphatic carbocycles. The van der Waals surface area contributed by atoms with Crippen molar-refractivity contribution in [2.24, 2.45) is 21.7 Å². The molecule has 1 aromatic heterocycles. The van der Waals surface area contributed by atoms with Crippen LogP contribution >= 0.6 is 0 Å². The third-order valence-corrected chi connectivity index (χ3v) is 5.54. The summed E-state index contributed by atoms with van der Waals surface area (Å²) in [6.45, 7) is 1.80. The van der Waals surface area contributed by atoms with Crippen LogP contribution in [0.25, 0.3) is 10.9 Å². The fourth-order valence-electron chi connectivity index (χ4n) is 3.57. The van der Waals surface area contributed by atoms with Crippen LogP contribution in [-0.4, -0.2) is 36.7 Å². The summed E-state index contributed by atoms with van der Waals surface area (Å²) in [7, 11) is 4.01. The Morgan fingerprint density at radius 3 is 2.19 bits per heavy atom. The van der Waals surface area contributed by atoms with Crippen LogP contribution in [0.2, 0.25) is 0 Å². The minimum absolute atomic E-state index is 0.105. The second kappa shape index (κ2) is 10.6. The van der Waals surface area contributed by atoms with Crippen molar-refractivity contribution in [3.05, 3.63) is 90.1 Å². The zero-order chi connectivity index (χ0) is 25.7. The molecule has 3 aromatic carbocycles. The van der Waals surface area contributed by atoms with Crippen molar-refractivity contribution in [3.8, 4) is 0 Å². The predicted molar refractivity (Wildman–Crippen MR) is 148 cm³/mol. The van der Waals surface area contributed by atoms with Gasteiger partial charge in [0.15, 0.2) is 0 Å². The largest absolute Gasteiger partial charge is 0.378 e. The summed E-state index contributed by atoms with van der Waals surface area (Å²) in [5.41, 5.74) is 17.1. The number of guanidine groups is 1. The van der Waals surface area contributed by atoms with E-state index in [1.54, 1.807) is 37.4 Å². The molecule has 0 unspecified atom stereocenters. The summed E-state index contributed by atoms with van der Waals surface area (Å²) in [6.07, 6.45) is 1.78. The highest BCUT2D eigenvalue weighted by atomic mass is 16.1. The fraction of sp³-hybridized carbons (Fsp3) is 0.111. The standard InChI is InChI=1S/C27H28N8O/c1-17(33-34-27(28)29)18-4-8-21(9-5-18)32-26(36)19-6-10-20(11-7-19)31-25-14-15-30-24-13-12-22(35(2)3)16-23(24)25/h4-16H,1-3H3,(H,30,31)(H,32,36)(H4,28,29,34). The van der Waals surface area contributed by atoms with Gasteiger partial charge in [0.1, 0.15) is 0 Å². The zero-order valence-electron chi connectivity index (χ0n) is 20.4. The molecule has 9 heteroatoms. The number of hydrogen-bond acceptors (Lipinski definition) is 6. The summed E-state index contributed by atoms with van der Waals surface area (Å²) in [5.74, 6) is -0.308. The molecule has 1 heterocycles. The maximum Gasteiger partial charge on any atom is 0.255 e. The van der Waals surface area contributed by atoms with Gasteiger partial charge in [-0.2, -0.15) is 5.10 Å². The summed E-state index contributed by atoms with van der Waals surface area (Å²) >= 11 is 0. The number of pyridine rings is 1.